The van der Waals surface area contributed by atoms with Crippen molar-refractivity contribution in [1.82, 2.24) is 5.48 Å². The van der Waals surface area contributed by atoms with Crippen molar-refractivity contribution in [1.29, 1.82) is 0 Å². The lowest BCUT2D eigenvalue weighted by molar-refractivity contribution is -0.0410. The molecule has 0 saturated heterocycles. The van der Waals surface area contributed by atoms with Crippen molar-refractivity contribution in [3.63, 3.8) is 0 Å². The third kappa shape index (κ3) is 2.33. The molecule has 0 spiro atoms. The van der Waals surface area contributed by atoms with Gasteiger partial charge in [-0.25, -0.2) is 0 Å². The van der Waals surface area contributed by atoms with E-state index in [1.165, 1.54) is 19.3 Å². The zero-order valence-electron chi connectivity index (χ0n) is 6.18. The first-order valence-electron chi connectivity index (χ1n) is 3.70. The van der Waals surface area contributed by atoms with Gasteiger partial charge in [0, 0.05) is 6.04 Å². The van der Waals surface area contributed by atoms with Crippen LogP contribution in [0.3, 0.4) is 0 Å². The van der Waals surface area contributed by atoms with E-state index in [9.17, 15) is 0 Å². The molecule has 1 N–H and O–H groups in total. The van der Waals surface area contributed by atoms with Crippen molar-refractivity contribution in [3.05, 3.63) is 0 Å². The molecule has 1 aliphatic carbocycles. The van der Waals surface area contributed by atoms with E-state index in [0.29, 0.717) is 12.1 Å². The fourth-order valence-corrected chi connectivity index (χ4v) is 0.758. The van der Waals surface area contributed by atoms with Gasteiger partial charge in [-0.1, -0.05) is 6.42 Å². The fraction of sp³-hybridized carbons (Fsp3) is 1.00. The first kappa shape index (κ1) is 7.03. The Bertz CT molecular complexity index is 79.0. The summed E-state index contributed by atoms with van der Waals surface area (Å²) in [6, 6.07) is 0.646. The summed E-state index contributed by atoms with van der Waals surface area (Å²) in [6.07, 6.45) is 4.24. The van der Waals surface area contributed by atoms with Crippen LogP contribution < -0.4 is 5.48 Å². The average molecular weight is 129 g/mol. The lowest BCUT2D eigenvalue weighted by atomic mass is 9.94. The molecule has 0 heterocycles. The predicted molar refractivity (Wildman–Crippen MR) is 37.0 cm³/mol. The van der Waals surface area contributed by atoms with Gasteiger partial charge in [0.1, 0.15) is 0 Å². The first-order valence-corrected chi connectivity index (χ1v) is 3.70. The molecule has 0 amide bonds. The second-order valence-electron chi connectivity index (χ2n) is 2.91. The largest absolute Gasteiger partial charge is 0.299 e. The Morgan fingerprint density at radius 2 is 2.11 bits per heavy atom. The highest BCUT2D eigenvalue weighted by Crippen LogP contribution is 2.17. The Morgan fingerprint density at radius 1 is 1.44 bits per heavy atom. The maximum absolute atomic E-state index is 5.20. The number of hydrogen-bond donors (Lipinski definition) is 1. The van der Waals surface area contributed by atoms with Crippen molar-refractivity contribution >= 4 is 0 Å². The number of nitrogens with one attached hydrogen (secondary N) is 1. The average Bonchev–Trinajstić information content (AvgIpc) is 1.60. The molecule has 2 nitrogen and oxygen atoms in total. The van der Waals surface area contributed by atoms with E-state index >= 15 is 0 Å². The molecular weight excluding hydrogens is 114 g/mol. The molecule has 0 radical (unpaired) electrons. The summed E-state index contributed by atoms with van der Waals surface area (Å²) in [5.41, 5.74) is 3.02. The Labute approximate surface area is 56.5 Å². The van der Waals surface area contributed by atoms with Crippen LogP contribution in [0.1, 0.15) is 33.1 Å². The highest BCUT2D eigenvalue weighted by Gasteiger charge is 2.16. The fourth-order valence-electron chi connectivity index (χ4n) is 0.758. The van der Waals surface area contributed by atoms with Gasteiger partial charge in [-0.2, -0.15) is 5.48 Å². The molecule has 2 heteroatoms. The summed E-state index contributed by atoms with van der Waals surface area (Å²) in [6.45, 7) is 4.07. The van der Waals surface area contributed by atoms with Gasteiger partial charge >= 0.3 is 0 Å². The monoisotopic (exact) mass is 129 g/mol. The minimum absolute atomic E-state index is 0.311. The molecule has 0 bridgehead atoms. The van der Waals surface area contributed by atoms with Crippen molar-refractivity contribution < 1.29 is 4.84 Å². The molecule has 1 aliphatic rings. The third-order valence-electron chi connectivity index (χ3n) is 1.58. The van der Waals surface area contributed by atoms with Gasteiger partial charge in [-0.05, 0) is 26.7 Å². The Hall–Kier alpha value is -0.0800. The molecule has 0 aromatic heterocycles. The van der Waals surface area contributed by atoms with Gasteiger partial charge in [-0.15, -0.1) is 0 Å². The van der Waals surface area contributed by atoms with E-state index in [0.717, 1.165) is 0 Å². The molecule has 9 heavy (non-hydrogen) atoms. The van der Waals surface area contributed by atoms with Crippen molar-refractivity contribution in [3.8, 4) is 0 Å². The van der Waals surface area contributed by atoms with Crippen LogP contribution in [-0.2, 0) is 4.84 Å². The minimum atomic E-state index is 0.311. The normalized spacial score (nSPS) is 20.3. The van der Waals surface area contributed by atoms with E-state index in [4.69, 9.17) is 4.84 Å². The summed E-state index contributed by atoms with van der Waals surface area (Å²) < 4.78 is 0. The highest BCUT2D eigenvalue weighted by atomic mass is 16.7. The number of hydrogen-bond acceptors (Lipinski definition) is 2. The molecule has 0 aromatic rings. The van der Waals surface area contributed by atoms with Crippen LogP contribution in [0.15, 0.2) is 0 Å². The topological polar surface area (TPSA) is 21.3 Å². The van der Waals surface area contributed by atoms with E-state index in [-0.39, 0.29) is 0 Å². The van der Waals surface area contributed by atoms with Gasteiger partial charge < -0.3 is 0 Å². The van der Waals surface area contributed by atoms with Crippen LogP contribution in [-0.4, -0.2) is 12.1 Å². The van der Waals surface area contributed by atoms with Crippen LogP contribution in [0, 0.1) is 0 Å². The molecular formula is C7H15NO. The van der Waals surface area contributed by atoms with Gasteiger partial charge in [0.25, 0.3) is 0 Å². The van der Waals surface area contributed by atoms with E-state index < -0.39 is 0 Å². The van der Waals surface area contributed by atoms with Gasteiger partial charge in [0.15, 0.2) is 0 Å². The lowest BCUT2D eigenvalue weighted by Crippen LogP contribution is -2.36. The quantitative estimate of drug-likeness (QED) is 0.582. The maximum Gasteiger partial charge on any atom is 0.0734 e. The van der Waals surface area contributed by atoms with Crippen LogP contribution >= 0.6 is 0 Å². The summed E-state index contributed by atoms with van der Waals surface area (Å²) in [5.74, 6) is 0. The zero-order valence-corrected chi connectivity index (χ0v) is 6.18. The summed E-state index contributed by atoms with van der Waals surface area (Å²) in [5, 5.41) is 0. The van der Waals surface area contributed by atoms with E-state index in [1.54, 1.807) is 0 Å². The molecule has 0 aliphatic heterocycles. The molecule has 0 aromatic carbocycles. The van der Waals surface area contributed by atoms with Gasteiger partial charge in [-0.3, -0.25) is 4.84 Å². The molecule has 1 rings (SSSR count). The maximum atomic E-state index is 5.20. The smallest absolute Gasteiger partial charge is 0.0734 e. The van der Waals surface area contributed by atoms with Crippen LogP contribution in [0.4, 0.5) is 0 Å². The zero-order chi connectivity index (χ0) is 6.69. The molecule has 0 atom stereocenters. The second-order valence-corrected chi connectivity index (χ2v) is 2.91. The third-order valence-corrected chi connectivity index (χ3v) is 1.58. The van der Waals surface area contributed by atoms with E-state index in [2.05, 4.69) is 5.48 Å². The standard InChI is InChI=1S/C7H15NO/c1-6(2)9-8-7-4-3-5-7/h6-8H,3-5H2,1-2H3. The molecule has 1 saturated carbocycles. The Kier molecular flexibility index (Phi) is 2.49. The number of hydroxylamine groups is 1. The number of rotatable bonds is 3. The first-order chi connectivity index (χ1) is 4.29. The van der Waals surface area contributed by atoms with Crippen LogP contribution in [0.2, 0.25) is 0 Å². The predicted octanol–water partition coefficient (Wildman–Crippen LogP) is 1.47. The SMILES string of the molecule is CC(C)ONC1CCC1. The summed E-state index contributed by atoms with van der Waals surface area (Å²) in [4.78, 5) is 5.20. The molecule has 54 valence electrons. The lowest BCUT2D eigenvalue weighted by Gasteiger charge is -2.26. The highest BCUT2D eigenvalue weighted by molar-refractivity contribution is 4.72. The second kappa shape index (κ2) is 3.18. The van der Waals surface area contributed by atoms with Crippen molar-refractivity contribution in [2.24, 2.45) is 0 Å². The Morgan fingerprint density at radius 3 is 2.44 bits per heavy atom. The summed E-state index contributed by atoms with van der Waals surface area (Å²) >= 11 is 0. The van der Waals surface area contributed by atoms with Crippen LogP contribution in [0.25, 0.3) is 0 Å². The summed E-state index contributed by atoms with van der Waals surface area (Å²) in [7, 11) is 0. The minimum Gasteiger partial charge on any atom is -0.299 e. The van der Waals surface area contributed by atoms with Crippen molar-refractivity contribution in [2.75, 3.05) is 0 Å². The molecule has 1 fully saturated rings. The van der Waals surface area contributed by atoms with E-state index in [1.807, 2.05) is 13.8 Å². The molecule has 0 unspecified atom stereocenters. The Balaban J connectivity index is 1.91. The van der Waals surface area contributed by atoms with Crippen molar-refractivity contribution in [2.45, 2.75) is 45.3 Å². The van der Waals surface area contributed by atoms with Gasteiger partial charge in [0.2, 0.25) is 0 Å². The van der Waals surface area contributed by atoms with Crippen LogP contribution in [0.5, 0.6) is 0 Å². The van der Waals surface area contributed by atoms with Gasteiger partial charge in [0.05, 0.1) is 6.10 Å².